The first kappa shape index (κ1) is 12.1. The molecule has 0 bridgehead atoms. The van der Waals surface area contributed by atoms with Crippen LogP contribution in [0.2, 0.25) is 0 Å². The van der Waals surface area contributed by atoms with Crippen molar-refractivity contribution in [2.24, 2.45) is 0 Å². The lowest BCUT2D eigenvalue weighted by Gasteiger charge is -2.15. The van der Waals surface area contributed by atoms with Gasteiger partial charge in [-0.25, -0.2) is 13.2 Å². The number of hydrogen-bond donors (Lipinski definition) is 0. The fourth-order valence-corrected chi connectivity index (χ4v) is 1.77. The largest absolute Gasteiger partial charge is 0.264 e. The van der Waals surface area contributed by atoms with Crippen LogP contribution in [0.4, 0.5) is 13.2 Å². The molecule has 0 heterocycles. The van der Waals surface area contributed by atoms with Gasteiger partial charge in [0.1, 0.15) is 5.82 Å². The van der Waals surface area contributed by atoms with Crippen LogP contribution in [0, 0.1) is 5.82 Å². The van der Waals surface area contributed by atoms with Crippen molar-refractivity contribution in [1.29, 1.82) is 0 Å². The molecule has 0 saturated heterocycles. The van der Waals surface area contributed by atoms with E-state index in [1.807, 2.05) is 13.8 Å². The molecule has 1 atom stereocenters. The molecule has 0 radical (unpaired) electrons. The Morgan fingerprint density at radius 1 is 1.20 bits per heavy atom. The Kier molecular flexibility index (Phi) is 4.18. The minimum Gasteiger partial charge on any atom is -0.207 e. The van der Waals surface area contributed by atoms with Gasteiger partial charge in [-0.05, 0) is 30.0 Å². The summed E-state index contributed by atoms with van der Waals surface area (Å²) in [5.41, 5.74) is 0.393. The molecule has 0 aliphatic rings. The van der Waals surface area contributed by atoms with Crippen molar-refractivity contribution >= 4 is 0 Å². The molecule has 0 aliphatic heterocycles. The van der Waals surface area contributed by atoms with E-state index in [0.29, 0.717) is 5.56 Å². The molecule has 0 saturated carbocycles. The van der Waals surface area contributed by atoms with E-state index >= 15 is 0 Å². The Balaban J connectivity index is 3.05. The second kappa shape index (κ2) is 5.19. The van der Waals surface area contributed by atoms with E-state index in [2.05, 4.69) is 0 Å². The molecule has 84 valence electrons. The molecule has 1 aromatic rings. The molecule has 1 unspecified atom stereocenters. The summed E-state index contributed by atoms with van der Waals surface area (Å²) in [6.45, 7) is 3.89. The SMILES string of the molecule is CCCC(C)c1ccc(F)cc1C(F)F. The first-order chi connectivity index (χ1) is 7.06. The summed E-state index contributed by atoms with van der Waals surface area (Å²) in [6, 6.07) is 3.65. The van der Waals surface area contributed by atoms with Crippen molar-refractivity contribution in [2.45, 2.75) is 39.0 Å². The van der Waals surface area contributed by atoms with Crippen LogP contribution in [0.5, 0.6) is 0 Å². The van der Waals surface area contributed by atoms with Gasteiger partial charge in [0.25, 0.3) is 6.43 Å². The normalized spacial score (nSPS) is 13.2. The fourth-order valence-electron chi connectivity index (χ4n) is 1.77. The van der Waals surface area contributed by atoms with Crippen LogP contribution in [0.1, 0.15) is 50.2 Å². The Morgan fingerprint density at radius 2 is 1.87 bits per heavy atom. The zero-order valence-electron chi connectivity index (χ0n) is 8.93. The minimum absolute atomic E-state index is 0.0552. The van der Waals surface area contributed by atoms with Crippen molar-refractivity contribution in [3.63, 3.8) is 0 Å². The third-order valence-corrected chi connectivity index (χ3v) is 2.54. The lowest BCUT2D eigenvalue weighted by molar-refractivity contribution is 0.149. The molecular formula is C12H15F3. The van der Waals surface area contributed by atoms with Gasteiger partial charge in [-0.3, -0.25) is 0 Å². The summed E-state index contributed by atoms with van der Waals surface area (Å²) < 4.78 is 38.1. The molecule has 15 heavy (non-hydrogen) atoms. The molecular weight excluding hydrogens is 201 g/mol. The average Bonchev–Trinajstić information content (AvgIpc) is 2.17. The smallest absolute Gasteiger partial charge is 0.207 e. The summed E-state index contributed by atoms with van der Waals surface area (Å²) in [5.74, 6) is -0.544. The summed E-state index contributed by atoms with van der Waals surface area (Å²) in [7, 11) is 0. The Morgan fingerprint density at radius 3 is 2.40 bits per heavy atom. The van der Waals surface area contributed by atoms with Crippen LogP contribution in [-0.2, 0) is 0 Å². The van der Waals surface area contributed by atoms with Gasteiger partial charge in [0.05, 0.1) is 0 Å². The van der Waals surface area contributed by atoms with E-state index in [0.717, 1.165) is 18.9 Å². The van der Waals surface area contributed by atoms with Gasteiger partial charge in [0.15, 0.2) is 0 Å². The summed E-state index contributed by atoms with van der Waals surface area (Å²) in [5, 5.41) is 0. The quantitative estimate of drug-likeness (QED) is 0.686. The van der Waals surface area contributed by atoms with Crippen LogP contribution in [0.3, 0.4) is 0 Å². The van der Waals surface area contributed by atoms with Crippen molar-refractivity contribution in [3.8, 4) is 0 Å². The molecule has 3 heteroatoms. The maximum absolute atomic E-state index is 12.8. The molecule has 0 amide bonds. The first-order valence-corrected chi connectivity index (χ1v) is 5.13. The van der Waals surface area contributed by atoms with Gasteiger partial charge in [0.2, 0.25) is 0 Å². The molecule has 0 aliphatic carbocycles. The number of halogens is 3. The van der Waals surface area contributed by atoms with Gasteiger partial charge < -0.3 is 0 Å². The molecule has 0 spiro atoms. The highest BCUT2D eigenvalue weighted by molar-refractivity contribution is 5.31. The van der Waals surface area contributed by atoms with Gasteiger partial charge in [0, 0.05) is 5.56 Å². The standard InChI is InChI=1S/C12H15F3/c1-3-4-8(2)10-6-5-9(13)7-11(10)12(14)15/h5-8,12H,3-4H2,1-2H3. The van der Waals surface area contributed by atoms with Crippen LogP contribution in [-0.4, -0.2) is 0 Å². The van der Waals surface area contributed by atoms with Gasteiger partial charge in [-0.1, -0.05) is 26.3 Å². The van der Waals surface area contributed by atoms with Crippen LogP contribution >= 0.6 is 0 Å². The summed E-state index contributed by atoms with van der Waals surface area (Å²) in [4.78, 5) is 0. The van der Waals surface area contributed by atoms with Gasteiger partial charge >= 0.3 is 0 Å². The predicted octanol–water partition coefficient (Wildman–Crippen LogP) is 4.67. The highest BCUT2D eigenvalue weighted by Gasteiger charge is 2.17. The molecule has 0 aromatic heterocycles. The first-order valence-electron chi connectivity index (χ1n) is 5.13. The van der Waals surface area contributed by atoms with E-state index in [1.165, 1.54) is 12.1 Å². The average molecular weight is 216 g/mol. The van der Waals surface area contributed by atoms with Crippen molar-refractivity contribution in [3.05, 3.63) is 35.1 Å². The number of benzene rings is 1. The van der Waals surface area contributed by atoms with E-state index in [9.17, 15) is 13.2 Å². The molecule has 0 nitrogen and oxygen atoms in total. The molecule has 1 aromatic carbocycles. The lowest BCUT2D eigenvalue weighted by atomic mass is 9.92. The second-order valence-corrected chi connectivity index (χ2v) is 3.76. The number of hydrogen-bond acceptors (Lipinski definition) is 0. The van der Waals surface area contributed by atoms with Crippen molar-refractivity contribution in [1.82, 2.24) is 0 Å². The third-order valence-electron chi connectivity index (χ3n) is 2.54. The minimum atomic E-state index is -2.60. The Bertz CT molecular complexity index is 321. The Labute approximate surface area is 88.1 Å². The van der Waals surface area contributed by atoms with Crippen LogP contribution < -0.4 is 0 Å². The summed E-state index contributed by atoms with van der Waals surface area (Å²) >= 11 is 0. The highest BCUT2D eigenvalue weighted by Crippen LogP contribution is 2.31. The Hall–Kier alpha value is -0.990. The predicted molar refractivity (Wildman–Crippen MR) is 54.7 cm³/mol. The zero-order valence-corrected chi connectivity index (χ0v) is 8.93. The number of rotatable bonds is 4. The molecule has 0 fully saturated rings. The highest BCUT2D eigenvalue weighted by atomic mass is 19.3. The van der Waals surface area contributed by atoms with E-state index < -0.39 is 12.2 Å². The maximum Gasteiger partial charge on any atom is 0.264 e. The van der Waals surface area contributed by atoms with Gasteiger partial charge in [-0.15, -0.1) is 0 Å². The zero-order chi connectivity index (χ0) is 11.4. The molecule has 0 N–H and O–H groups in total. The molecule has 1 rings (SSSR count). The fraction of sp³-hybridized carbons (Fsp3) is 0.500. The van der Waals surface area contributed by atoms with E-state index in [4.69, 9.17) is 0 Å². The number of alkyl halides is 2. The summed E-state index contributed by atoms with van der Waals surface area (Å²) in [6.07, 6.45) is -0.831. The van der Waals surface area contributed by atoms with E-state index in [-0.39, 0.29) is 11.5 Å². The van der Waals surface area contributed by atoms with Crippen LogP contribution in [0.15, 0.2) is 18.2 Å². The maximum atomic E-state index is 12.8. The topological polar surface area (TPSA) is 0 Å². The van der Waals surface area contributed by atoms with Crippen molar-refractivity contribution < 1.29 is 13.2 Å². The third kappa shape index (κ3) is 2.98. The van der Waals surface area contributed by atoms with Crippen LogP contribution in [0.25, 0.3) is 0 Å². The lowest BCUT2D eigenvalue weighted by Crippen LogP contribution is -2.00. The van der Waals surface area contributed by atoms with Gasteiger partial charge in [-0.2, -0.15) is 0 Å². The monoisotopic (exact) mass is 216 g/mol. The second-order valence-electron chi connectivity index (χ2n) is 3.76. The van der Waals surface area contributed by atoms with Crippen molar-refractivity contribution in [2.75, 3.05) is 0 Å². The van der Waals surface area contributed by atoms with E-state index in [1.54, 1.807) is 0 Å².